The highest BCUT2D eigenvalue weighted by molar-refractivity contribution is 4.93. The Morgan fingerprint density at radius 1 is 1.58 bits per heavy atom. The standard InChI is InChI=1S/C8H15F2NO/c1-7(4-12-5-7)3-8(2,11)6(9)10/h6H,3-5,11H2,1-2H3. The van der Waals surface area contributed by atoms with Crippen molar-refractivity contribution in [3.63, 3.8) is 0 Å². The van der Waals surface area contributed by atoms with Gasteiger partial charge in [-0.15, -0.1) is 0 Å². The van der Waals surface area contributed by atoms with Gasteiger partial charge in [0.2, 0.25) is 0 Å². The maximum absolute atomic E-state index is 12.3. The van der Waals surface area contributed by atoms with Gasteiger partial charge in [0, 0.05) is 5.41 Å². The van der Waals surface area contributed by atoms with Gasteiger partial charge in [0.15, 0.2) is 0 Å². The fourth-order valence-electron chi connectivity index (χ4n) is 1.55. The van der Waals surface area contributed by atoms with Crippen molar-refractivity contribution >= 4 is 0 Å². The number of halogens is 2. The van der Waals surface area contributed by atoms with Crippen molar-refractivity contribution in [2.24, 2.45) is 11.1 Å². The molecule has 0 aromatic rings. The lowest BCUT2D eigenvalue weighted by Crippen LogP contribution is -2.53. The molecule has 1 unspecified atom stereocenters. The second kappa shape index (κ2) is 2.92. The predicted molar refractivity (Wildman–Crippen MR) is 42.1 cm³/mol. The molecule has 1 aliphatic rings. The first-order valence-corrected chi connectivity index (χ1v) is 4.01. The summed E-state index contributed by atoms with van der Waals surface area (Å²) in [6, 6.07) is 0. The Bertz CT molecular complexity index is 166. The van der Waals surface area contributed by atoms with E-state index in [2.05, 4.69) is 0 Å². The molecule has 1 saturated heterocycles. The molecular weight excluding hydrogens is 164 g/mol. The van der Waals surface area contributed by atoms with E-state index in [1.807, 2.05) is 6.92 Å². The van der Waals surface area contributed by atoms with Crippen molar-refractivity contribution in [2.75, 3.05) is 13.2 Å². The summed E-state index contributed by atoms with van der Waals surface area (Å²) >= 11 is 0. The number of hydrogen-bond donors (Lipinski definition) is 1. The Morgan fingerprint density at radius 3 is 2.33 bits per heavy atom. The Hall–Kier alpha value is -0.220. The van der Waals surface area contributed by atoms with Gasteiger partial charge >= 0.3 is 0 Å². The predicted octanol–water partition coefficient (Wildman–Crippen LogP) is 1.40. The molecule has 1 fully saturated rings. The zero-order valence-corrected chi connectivity index (χ0v) is 7.44. The number of rotatable bonds is 3. The van der Waals surface area contributed by atoms with Crippen LogP contribution in [0.25, 0.3) is 0 Å². The van der Waals surface area contributed by atoms with Gasteiger partial charge in [0.05, 0.1) is 18.8 Å². The third-order valence-electron chi connectivity index (χ3n) is 2.21. The molecule has 72 valence electrons. The lowest BCUT2D eigenvalue weighted by molar-refractivity contribution is -0.124. The molecule has 0 aromatic carbocycles. The van der Waals surface area contributed by atoms with Crippen LogP contribution in [0.4, 0.5) is 8.78 Å². The normalized spacial score (nSPS) is 26.5. The maximum atomic E-state index is 12.3. The minimum atomic E-state index is -2.46. The zero-order chi connectivity index (χ0) is 9.41. The average Bonchev–Trinajstić information content (AvgIpc) is 1.83. The third-order valence-corrected chi connectivity index (χ3v) is 2.21. The van der Waals surface area contributed by atoms with Crippen molar-refractivity contribution in [1.82, 2.24) is 0 Å². The minimum absolute atomic E-state index is 0.139. The van der Waals surface area contributed by atoms with Crippen molar-refractivity contribution in [3.8, 4) is 0 Å². The molecule has 0 aliphatic carbocycles. The lowest BCUT2D eigenvalue weighted by Gasteiger charge is -2.42. The molecule has 0 radical (unpaired) electrons. The Labute approximate surface area is 71.1 Å². The summed E-state index contributed by atoms with van der Waals surface area (Å²) in [5, 5.41) is 0. The summed E-state index contributed by atoms with van der Waals surface area (Å²) < 4.78 is 29.6. The highest BCUT2D eigenvalue weighted by Crippen LogP contribution is 2.36. The molecule has 12 heavy (non-hydrogen) atoms. The first kappa shape index (κ1) is 9.86. The molecular formula is C8H15F2NO. The molecule has 0 aromatic heterocycles. The van der Waals surface area contributed by atoms with E-state index in [-0.39, 0.29) is 5.41 Å². The molecule has 0 saturated carbocycles. The minimum Gasteiger partial charge on any atom is -0.380 e. The van der Waals surface area contributed by atoms with Crippen LogP contribution in [0.15, 0.2) is 0 Å². The number of hydrogen-bond acceptors (Lipinski definition) is 2. The van der Waals surface area contributed by atoms with Gasteiger partial charge in [-0.3, -0.25) is 0 Å². The van der Waals surface area contributed by atoms with Crippen LogP contribution in [0.3, 0.4) is 0 Å². The Balaban J connectivity index is 2.48. The molecule has 1 atom stereocenters. The first-order valence-electron chi connectivity index (χ1n) is 4.01. The fourth-order valence-corrected chi connectivity index (χ4v) is 1.55. The average molecular weight is 179 g/mol. The van der Waals surface area contributed by atoms with E-state index in [1.165, 1.54) is 6.92 Å². The summed E-state index contributed by atoms with van der Waals surface area (Å²) in [7, 11) is 0. The molecule has 1 heterocycles. The molecule has 1 rings (SSSR count). The molecule has 4 heteroatoms. The molecule has 2 nitrogen and oxygen atoms in total. The molecule has 0 bridgehead atoms. The van der Waals surface area contributed by atoms with E-state index in [0.29, 0.717) is 19.6 Å². The van der Waals surface area contributed by atoms with Crippen molar-refractivity contribution in [1.29, 1.82) is 0 Å². The second-order valence-corrected chi connectivity index (χ2v) is 4.29. The van der Waals surface area contributed by atoms with E-state index in [4.69, 9.17) is 10.5 Å². The first-order chi connectivity index (χ1) is 5.36. The summed E-state index contributed by atoms with van der Waals surface area (Å²) in [5.41, 5.74) is 3.93. The van der Waals surface area contributed by atoms with Crippen molar-refractivity contribution in [2.45, 2.75) is 32.2 Å². The van der Waals surface area contributed by atoms with Gasteiger partial charge in [-0.05, 0) is 13.3 Å². The number of alkyl halides is 2. The number of ether oxygens (including phenoxy) is 1. The van der Waals surface area contributed by atoms with Gasteiger partial charge in [-0.2, -0.15) is 0 Å². The van der Waals surface area contributed by atoms with Gasteiger partial charge < -0.3 is 10.5 Å². The van der Waals surface area contributed by atoms with Gasteiger partial charge in [-0.25, -0.2) is 8.78 Å². The van der Waals surface area contributed by atoms with Gasteiger partial charge in [0.25, 0.3) is 6.43 Å². The van der Waals surface area contributed by atoms with E-state index in [9.17, 15) is 8.78 Å². The zero-order valence-electron chi connectivity index (χ0n) is 7.44. The third kappa shape index (κ3) is 1.93. The molecule has 0 amide bonds. The van der Waals surface area contributed by atoms with E-state index < -0.39 is 12.0 Å². The Morgan fingerprint density at radius 2 is 2.08 bits per heavy atom. The van der Waals surface area contributed by atoms with Gasteiger partial charge in [0.1, 0.15) is 0 Å². The van der Waals surface area contributed by atoms with Crippen LogP contribution in [0.2, 0.25) is 0 Å². The van der Waals surface area contributed by atoms with E-state index in [0.717, 1.165) is 0 Å². The summed E-state index contributed by atoms with van der Waals surface area (Å²) in [6.45, 7) is 4.41. The summed E-state index contributed by atoms with van der Waals surface area (Å²) in [5.74, 6) is 0. The second-order valence-electron chi connectivity index (χ2n) is 4.29. The molecule has 1 aliphatic heterocycles. The quantitative estimate of drug-likeness (QED) is 0.710. The van der Waals surface area contributed by atoms with E-state index >= 15 is 0 Å². The largest absolute Gasteiger partial charge is 0.380 e. The van der Waals surface area contributed by atoms with Crippen LogP contribution in [0, 0.1) is 5.41 Å². The Kier molecular flexibility index (Phi) is 2.40. The summed E-state index contributed by atoms with van der Waals surface area (Å²) in [4.78, 5) is 0. The highest BCUT2D eigenvalue weighted by Gasteiger charge is 2.43. The van der Waals surface area contributed by atoms with Crippen LogP contribution in [0.1, 0.15) is 20.3 Å². The van der Waals surface area contributed by atoms with Crippen LogP contribution < -0.4 is 5.73 Å². The monoisotopic (exact) mass is 179 g/mol. The van der Waals surface area contributed by atoms with Crippen LogP contribution >= 0.6 is 0 Å². The lowest BCUT2D eigenvalue weighted by atomic mass is 9.77. The van der Waals surface area contributed by atoms with Crippen LogP contribution in [-0.4, -0.2) is 25.2 Å². The van der Waals surface area contributed by atoms with Gasteiger partial charge in [-0.1, -0.05) is 6.92 Å². The van der Waals surface area contributed by atoms with Crippen molar-refractivity contribution < 1.29 is 13.5 Å². The highest BCUT2D eigenvalue weighted by atomic mass is 19.3. The van der Waals surface area contributed by atoms with Crippen LogP contribution in [0.5, 0.6) is 0 Å². The maximum Gasteiger partial charge on any atom is 0.256 e. The van der Waals surface area contributed by atoms with Crippen molar-refractivity contribution in [3.05, 3.63) is 0 Å². The molecule has 2 N–H and O–H groups in total. The smallest absolute Gasteiger partial charge is 0.256 e. The topological polar surface area (TPSA) is 35.2 Å². The SMILES string of the molecule is CC1(CC(C)(N)C(F)F)COC1. The molecule has 0 spiro atoms. The van der Waals surface area contributed by atoms with E-state index in [1.54, 1.807) is 0 Å². The van der Waals surface area contributed by atoms with Crippen LogP contribution in [-0.2, 0) is 4.74 Å². The number of nitrogens with two attached hydrogens (primary N) is 1. The summed E-state index contributed by atoms with van der Waals surface area (Å²) in [6.07, 6.45) is -2.15. The fraction of sp³-hybridized carbons (Fsp3) is 1.00.